The molecule has 0 saturated carbocycles. The number of anilines is 1. The Morgan fingerprint density at radius 3 is 2.21 bits per heavy atom. The minimum atomic E-state index is -4.17. The highest BCUT2D eigenvalue weighted by atomic mass is 28.4. The van der Waals surface area contributed by atoms with Crippen molar-refractivity contribution in [2.24, 2.45) is 0 Å². The highest BCUT2D eigenvalue weighted by Gasteiger charge is 2.46. The molecule has 0 bridgehead atoms. The molecule has 2 rings (SSSR count). The maximum Gasteiger partial charge on any atom is 0.408 e. The number of nitrogens with zero attached hydrogens (tertiary/aromatic N) is 1. The molecule has 0 N–H and O–H groups in total. The van der Waals surface area contributed by atoms with Crippen molar-refractivity contribution in [1.82, 2.24) is 0 Å². The van der Waals surface area contributed by atoms with E-state index in [4.69, 9.17) is 4.43 Å². The zero-order valence-corrected chi connectivity index (χ0v) is 16.2. The predicted molar refractivity (Wildman–Crippen MR) is 94.9 cm³/mol. The van der Waals surface area contributed by atoms with E-state index in [0.29, 0.717) is 25.3 Å². The van der Waals surface area contributed by atoms with E-state index in [1.165, 1.54) is 4.90 Å². The van der Waals surface area contributed by atoms with Gasteiger partial charge in [-0.05, 0) is 48.7 Å². The summed E-state index contributed by atoms with van der Waals surface area (Å²) < 4.78 is 45.4. The standard InChI is InChI=1S/C18H28F3NOSi/c1-17(2,3)24(4,5)23-13-14-8-10-15(11-9-14)22-12-6-7-16(22)18(19,20)21/h8-11,16H,6-7,12-13H2,1-5H3/t16-/m0/s1. The molecule has 0 amide bonds. The van der Waals surface area contributed by atoms with Gasteiger partial charge >= 0.3 is 6.18 Å². The molecule has 0 aliphatic carbocycles. The molecule has 6 heteroatoms. The third-order valence-corrected chi connectivity index (χ3v) is 9.78. The summed E-state index contributed by atoms with van der Waals surface area (Å²) in [7, 11) is -1.82. The molecule has 1 fully saturated rings. The Labute approximate surface area is 144 Å². The highest BCUT2D eigenvalue weighted by molar-refractivity contribution is 6.74. The molecule has 0 aromatic heterocycles. The molecule has 1 saturated heterocycles. The van der Waals surface area contributed by atoms with Crippen molar-refractivity contribution < 1.29 is 17.6 Å². The van der Waals surface area contributed by atoms with E-state index in [-0.39, 0.29) is 11.5 Å². The van der Waals surface area contributed by atoms with Gasteiger partial charge in [0, 0.05) is 12.2 Å². The first-order valence-corrected chi connectivity index (χ1v) is 11.4. The van der Waals surface area contributed by atoms with E-state index in [9.17, 15) is 13.2 Å². The molecule has 2 nitrogen and oxygen atoms in total. The van der Waals surface area contributed by atoms with Gasteiger partial charge in [0.2, 0.25) is 0 Å². The monoisotopic (exact) mass is 359 g/mol. The van der Waals surface area contributed by atoms with Crippen LogP contribution in [0, 0.1) is 0 Å². The van der Waals surface area contributed by atoms with Gasteiger partial charge in [-0.15, -0.1) is 0 Å². The summed E-state index contributed by atoms with van der Waals surface area (Å²) in [5.74, 6) is 0. The first kappa shape index (κ1) is 19.3. The van der Waals surface area contributed by atoms with E-state index in [0.717, 1.165) is 5.56 Å². The zero-order chi connectivity index (χ0) is 18.2. The number of rotatable bonds is 4. The highest BCUT2D eigenvalue weighted by Crippen LogP contribution is 2.38. The van der Waals surface area contributed by atoms with Crippen LogP contribution in [0.2, 0.25) is 18.1 Å². The molecule has 136 valence electrons. The molecule has 1 aliphatic heterocycles. The van der Waals surface area contributed by atoms with E-state index in [1.807, 2.05) is 12.1 Å². The van der Waals surface area contributed by atoms with Crippen LogP contribution in [0.15, 0.2) is 24.3 Å². The average Bonchev–Trinajstić information content (AvgIpc) is 2.94. The maximum absolute atomic E-state index is 13.1. The van der Waals surface area contributed by atoms with Gasteiger partial charge < -0.3 is 9.33 Å². The van der Waals surface area contributed by atoms with Crippen molar-refractivity contribution >= 4 is 14.0 Å². The third kappa shape index (κ3) is 4.33. The summed E-state index contributed by atoms with van der Waals surface area (Å²) in [5.41, 5.74) is 1.65. The molecule has 1 aromatic carbocycles. The number of benzene rings is 1. The van der Waals surface area contributed by atoms with Crippen LogP contribution in [0.5, 0.6) is 0 Å². The second kappa shape index (κ2) is 6.71. The fourth-order valence-electron chi connectivity index (χ4n) is 2.68. The van der Waals surface area contributed by atoms with Crippen molar-refractivity contribution in [1.29, 1.82) is 0 Å². The van der Waals surface area contributed by atoms with Gasteiger partial charge in [-0.2, -0.15) is 13.2 Å². The summed E-state index contributed by atoms with van der Waals surface area (Å²) in [6.07, 6.45) is -3.40. The van der Waals surface area contributed by atoms with E-state index >= 15 is 0 Å². The molecule has 0 radical (unpaired) electrons. The number of hydrogen-bond donors (Lipinski definition) is 0. The second-order valence-corrected chi connectivity index (χ2v) is 12.9. The lowest BCUT2D eigenvalue weighted by molar-refractivity contribution is -0.145. The molecule has 1 aliphatic rings. The van der Waals surface area contributed by atoms with Crippen LogP contribution in [0.4, 0.5) is 18.9 Å². The minimum Gasteiger partial charge on any atom is -0.413 e. The largest absolute Gasteiger partial charge is 0.413 e. The van der Waals surface area contributed by atoms with Crippen LogP contribution in [0.1, 0.15) is 39.2 Å². The summed E-state index contributed by atoms with van der Waals surface area (Å²) in [6.45, 7) is 11.9. The Hall–Kier alpha value is -1.01. The van der Waals surface area contributed by atoms with Gasteiger partial charge in [-0.3, -0.25) is 0 Å². The second-order valence-electron chi connectivity index (χ2n) is 8.11. The topological polar surface area (TPSA) is 12.5 Å². The quantitative estimate of drug-likeness (QED) is 0.636. The van der Waals surface area contributed by atoms with Crippen molar-refractivity contribution in [3.63, 3.8) is 0 Å². The lowest BCUT2D eigenvalue weighted by Gasteiger charge is -2.36. The lowest BCUT2D eigenvalue weighted by Crippen LogP contribution is -2.41. The van der Waals surface area contributed by atoms with Crippen molar-refractivity contribution in [2.45, 2.75) is 70.6 Å². The van der Waals surface area contributed by atoms with Crippen molar-refractivity contribution in [3.05, 3.63) is 29.8 Å². The fraction of sp³-hybridized carbons (Fsp3) is 0.667. The Morgan fingerprint density at radius 1 is 1.12 bits per heavy atom. The van der Waals surface area contributed by atoms with Gasteiger partial charge in [0.15, 0.2) is 8.32 Å². The molecule has 1 aromatic rings. The normalized spacial score (nSPS) is 19.8. The van der Waals surface area contributed by atoms with Gasteiger partial charge in [0.25, 0.3) is 0 Å². The van der Waals surface area contributed by atoms with Crippen LogP contribution in [0.3, 0.4) is 0 Å². The maximum atomic E-state index is 13.1. The summed E-state index contributed by atoms with van der Waals surface area (Å²) in [6, 6.07) is 5.98. The lowest BCUT2D eigenvalue weighted by atomic mass is 10.1. The molecule has 0 unspecified atom stereocenters. The Morgan fingerprint density at radius 2 is 1.71 bits per heavy atom. The van der Waals surface area contributed by atoms with Crippen molar-refractivity contribution in [3.8, 4) is 0 Å². The molecular weight excluding hydrogens is 331 g/mol. The number of hydrogen-bond acceptors (Lipinski definition) is 2. The fourth-order valence-corrected chi connectivity index (χ4v) is 3.64. The third-order valence-electron chi connectivity index (χ3n) is 5.30. The van der Waals surface area contributed by atoms with Gasteiger partial charge in [-0.1, -0.05) is 32.9 Å². The van der Waals surface area contributed by atoms with Crippen LogP contribution >= 0.6 is 0 Å². The van der Waals surface area contributed by atoms with Crippen LogP contribution in [0.25, 0.3) is 0 Å². The Kier molecular flexibility index (Phi) is 5.40. The molecule has 0 spiro atoms. The van der Waals surface area contributed by atoms with E-state index < -0.39 is 20.5 Å². The van der Waals surface area contributed by atoms with Gasteiger partial charge in [-0.25, -0.2) is 0 Å². The number of halogens is 3. The first-order valence-electron chi connectivity index (χ1n) is 8.48. The predicted octanol–water partition coefficient (Wildman–Crippen LogP) is 5.74. The summed E-state index contributed by atoms with van der Waals surface area (Å²) in [4.78, 5) is 1.47. The minimum absolute atomic E-state index is 0.141. The smallest absolute Gasteiger partial charge is 0.408 e. The van der Waals surface area contributed by atoms with Gasteiger partial charge in [0.1, 0.15) is 6.04 Å². The van der Waals surface area contributed by atoms with Crippen molar-refractivity contribution in [2.75, 3.05) is 11.4 Å². The van der Waals surface area contributed by atoms with E-state index in [2.05, 4.69) is 33.9 Å². The van der Waals surface area contributed by atoms with Crippen LogP contribution in [-0.4, -0.2) is 27.1 Å². The summed E-state index contributed by atoms with van der Waals surface area (Å²) in [5, 5.41) is 0.141. The SMILES string of the molecule is CC(C)(C)[Si](C)(C)OCc1ccc(N2CCC[C@H]2C(F)(F)F)cc1. The zero-order valence-electron chi connectivity index (χ0n) is 15.2. The molecule has 24 heavy (non-hydrogen) atoms. The van der Waals surface area contributed by atoms with E-state index in [1.54, 1.807) is 12.1 Å². The molecular formula is C18H28F3NOSi. The Balaban J connectivity index is 2.04. The number of alkyl halides is 3. The molecule has 1 heterocycles. The average molecular weight is 360 g/mol. The van der Waals surface area contributed by atoms with Crippen LogP contribution < -0.4 is 4.90 Å². The Bertz CT molecular complexity index is 549. The van der Waals surface area contributed by atoms with Crippen LogP contribution in [-0.2, 0) is 11.0 Å². The summed E-state index contributed by atoms with van der Waals surface area (Å²) >= 11 is 0. The molecule has 1 atom stereocenters. The van der Waals surface area contributed by atoms with Gasteiger partial charge in [0.05, 0.1) is 6.61 Å². The first-order chi connectivity index (χ1) is 10.9.